The second kappa shape index (κ2) is 10.2. The number of carbonyl (C=O) groups is 2. The molecule has 0 N–H and O–H groups in total. The van der Waals surface area contributed by atoms with Gasteiger partial charge >= 0.3 is 11.9 Å². The average molecular weight is 347 g/mol. The molecule has 0 unspecified atom stereocenters. The minimum absolute atomic E-state index is 0.113. The van der Waals surface area contributed by atoms with Gasteiger partial charge in [0.2, 0.25) is 10.0 Å². The monoisotopic (exact) mass is 347 g/mol. The second-order valence-corrected chi connectivity index (χ2v) is 7.18. The molecule has 7 nitrogen and oxygen atoms in total. The van der Waals surface area contributed by atoms with Crippen LogP contribution in [0.1, 0.15) is 26.7 Å². The minimum atomic E-state index is -3.38. The molecular formula is C15H25NO6S. The van der Waals surface area contributed by atoms with E-state index in [9.17, 15) is 18.0 Å². The molecule has 0 atom stereocenters. The number of hydrogen-bond acceptors (Lipinski definition) is 6. The van der Waals surface area contributed by atoms with Crippen LogP contribution in [-0.2, 0) is 29.1 Å². The standard InChI is InChI=1S/C15H25NO6S/c1-12(2)14(17)21-10-6-8-16(23(5,19)20)9-7-11-22-15(18)13(3)4/h1,3,6-11H2,2,4-5H3. The zero-order valence-corrected chi connectivity index (χ0v) is 14.8. The Bertz CT molecular complexity index is 518. The van der Waals surface area contributed by atoms with Crippen LogP contribution in [0.2, 0.25) is 0 Å². The van der Waals surface area contributed by atoms with Crippen molar-refractivity contribution in [3.8, 4) is 0 Å². The molecule has 132 valence electrons. The van der Waals surface area contributed by atoms with E-state index in [1.807, 2.05) is 0 Å². The zero-order chi connectivity index (χ0) is 18.0. The van der Waals surface area contributed by atoms with E-state index >= 15 is 0 Å². The molecule has 8 heteroatoms. The maximum Gasteiger partial charge on any atom is 0.333 e. The molecule has 0 aliphatic rings. The van der Waals surface area contributed by atoms with Gasteiger partial charge in [0.05, 0.1) is 19.5 Å². The Morgan fingerprint density at radius 3 is 1.52 bits per heavy atom. The van der Waals surface area contributed by atoms with Crippen molar-refractivity contribution >= 4 is 22.0 Å². The predicted octanol–water partition coefficient (Wildman–Crippen LogP) is 1.27. The lowest BCUT2D eigenvalue weighted by molar-refractivity contribution is -0.139. The number of carbonyl (C=O) groups excluding carboxylic acids is 2. The van der Waals surface area contributed by atoms with Gasteiger partial charge in [0.25, 0.3) is 0 Å². The summed E-state index contributed by atoms with van der Waals surface area (Å²) in [5, 5.41) is 0. The van der Waals surface area contributed by atoms with E-state index in [-0.39, 0.29) is 26.3 Å². The number of rotatable bonds is 11. The fraction of sp³-hybridized carbons (Fsp3) is 0.600. The Kier molecular flexibility index (Phi) is 9.43. The molecule has 0 saturated carbocycles. The molecule has 0 rings (SSSR count). The van der Waals surface area contributed by atoms with Crippen molar-refractivity contribution in [1.29, 1.82) is 0 Å². The lowest BCUT2D eigenvalue weighted by atomic mass is 10.3. The van der Waals surface area contributed by atoms with Gasteiger partial charge in [-0.25, -0.2) is 22.3 Å². The van der Waals surface area contributed by atoms with Crippen molar-refractivity contribution in [3.63, 3.8) is 0 Å². The quantitative estimate of drug-likeness (QED) is 0.318. The molecule has 23 heavy (non-hydrogen) atoms. The van der Waals surface area contributed by atoms with Crippen LogP contribution in [0.4, 0.5) is 0 Å². The Morgan fingerprint density at radius 1 is 0.913 bits per heavy atom. The maximum absolute atomic E-state index is 11.7. The lowest BCUT2D eigenvalue weighted by Crippen LogP contribution is -2.33. The SMILES string of the molecule is C=C(C)C(=O)OCCCN(CCCOC(=O)C(=C)C)S(C)(=O)=O. The summed E-state index contributed by atoms with van der Waals surface area (Å²) in [6.07, 6.45) is 1.85. The van der Waals surface area contributed by atoms with Crippen molar-refractivity contribution < 1.29 is 27.5 Å². The van der Waals surface area contributed by atoms with Crippen LogP contribution < -0.4 is 0 Å². The molecule has 0 spiro atoms. The maximum atomic E-state index is 11.7. The smallest absolute Gasteiger partial charge is 0.333 e. The van der Waals surface area contributed by atoms with E-state index in [0.717, 1.165) is 6.26 Å². The van der Waals surface area contributed by atoms with Gasteiger partial charge in [-0.15, -0.1) is 0 Å². The summed E-state index contributed by atoms with van der Waals surface area (Å²) in [5.74, 6) is -0.995. The van der Waals surface area contributed by atoms with E-state index in [4.69, 9.17) is 9.47 Å². The lowest BCUT2D eigenvalue weighted by Gasteiger charge is -2.19. The summed E-state index contributed by atoms with van der Waals surface area (Å²) in [5.41, 5.74) is 0.591. The van der Waals surface area contributed by atoms with E-state index in [0.29, 0.717) is 24.0 Å². The van der Waals surface area contributed by atoms with Crippen LogP contribution in [0.5, 0.6) is 0 Å². The molecular weight excluding hydrogens is 322 g/mol. The highest BCUT2D eigenvalue weighted by Gasteiger charge is 2.16. The first-order valence-electron chi connectivity index (χ1n) is 7.16. The highest BCUT2D eigenvalue weighted by atomic mass is 32.2. The Hall–Kier alpha value is -1.67. The van der Waals surface area contributed by atoms with Crippen LogP contribution >= 0.6 is 0 Å². The molecule has 0 radical (unpaired) electrons. The molecule has 0 saturated heterocycles. The van der Waals surface area contributed by atoms with Crippen molar-refractivity contribution in [1.82, 2.24) is 4.31 Å². The van der Waals surface area contributed by atoms with Crippen LogP contribution in [0.3, 0.4) is 0 Å². The van der Waals surface area contributed by atoms with Gasteiger partial charge in [0, 0.05) is 24.2 Å². The fourth-order valence-corrected chi connectivity index (χ4v) is 2.42. The molecule has 0 bridgehead atoms. The molecule has 0 aliphatic carbocycles. The Morgan fingerprint density at radius 2 is 1.26 bits per heavy atom. The normalized spacial score (nSPS) is 11.1. The fourth-order valence-electron chi connectivity index (χ4n) is 1.50. The number of esters is 2. The largest absolute Gasteiger partial charge is 0.462 e. The van der Waals surface area contributed by atoms with E-state index < -0.39 is 22.0 Å². The van der Waals surface area contributed by atoms with Gasteiger partial charge in [-0.1, -0.05) is 13.2 Å². The zero-order valence-electron chi connectivity index (χ0n) is 14.0. The third kappa shape index (κ3) is 9.85. The summed E-state index contributed by atoms with van der Waals surface area (Å²) in [6, 6.07) is 0. The van der Waals surface area contributed by atoms with Crippen molar-refractivity contribution in [2.75, 3.05) is 32.6 Å². The Labute approximate surface area is 138 Å². The van der Waals surface area contributed by atoms with Gasteiger partial charge in [0.15, 0.2) is 0 Å². The molecule has 0 aromatic rings. The number of ether oxygens (including phenoxy) is 2. The van der Waals surface area contributed by atoms with Crippen LogP contribution in [0.15, 0.2) is 24.3 Å². The summed E-state index contributed by atoms with van der Waals surface area (Å²) in [7, 11) is -3.38. The Balaban J connectivity index is 4.19. The minimum Gasteiger partial charge on any atom is -0.462 e. The summed E-state index contributed by atoms with van der Waals surface area (Å²) < 4.78 is 34.5. The second-order valence-electron chi connectivity index (χ2n) is 5.20. The van der Waals surface area contributed by atoms with E-state index in [2.05, 4.69) is 13.2 Å². The third-order valence-electron chi connectivity index (χ3n) is 2.74. The van der Waals surface area contributed by atoms with Crippen LogP contribution in [-0.4, -0.2) is 57.2 Å². The van der Waals surface area contributed by atoms with Gasteiger partial charge in [-0.3, -0.25) is 0 Å². The molecule has 0 amide bonds. The van der Waals surface area contributed by atoms with Gasteiger partial charge in [0.1, 0.15) is 0 Å². The van der Waals surface area contributed by atoms with Crippen LogP contribution in [0.25, 0.3) is 0 Å². The van der Waals surface area contributed by atoms with Gasteiger partial charge in [-0.2, -0.15) is 0 Å². The van der Waals surface area contributed by atoms with E-state index in [1.54, 1.807) is 0 Å². The number of nitrogens with zero attached hydrogens (tertiary/aromatic N) is 1. The summed E-state index contributed by atoms with van der Waals surface area (Å²) >= 11 is 0. The molecule has 0 aromatic carbocycles. The number of hydrogen-bond donors (Lipinski definition) is 0. The molecule has 0 fully saturated rings. The first-order valence-corrected chi connectivity index (χ1v) is 9.01. The molecule has 0 aliphatic heterocycles. The first kappa shape index (κ1) is 21.3. The van der Waals surface area contributed by atoms with Crippen molar-refractivity contribution in [2.24, 2.45) is 0 Å². The van der Waals surface area contributed by atoms with Gasteiger partial charge in [-0.05, 0) is 26.7 Å². The first-order chi connectivity index (χ1) is 10.6. The van der Waals surface area contributed by atoms with Crippen molar-refractivity contribution in [2.45, 2.75) is 26.7 Å². The topological polar surface area (TPSA) is 90.0 Å². The summed E-state index contributed by atoms with van der Waals surface area (Å²) in [4.78, 5) is 22.4. The highest BCUT2D eigenvalue weighted by molar-refractivity contribution is 7.88. The van der Waals surface area contributed by atoms with Crippen LogP contribution in [0, 0.1) is 0 Å². The highest BCUT2D eigenvalue weighted by Crippen LogP contribution is 2.03. The number of sulfonamides is 1. The average Bonchev–Trinajstić information content (AvgIpc) is 2.43. The molecule has 0 heterocycles. The molecule has 0 aromatic heterocycles. The summed E-state index contributed by atoms with van der Waals surface area (Å²) in [6.45, 7) is 10.7. The third-order valence-corrected chi connectivity index (χ3v) is 4.04. The van der Waals surface area contributed by atoms with Gasteiger partial charge < -0.3 is 9.47 Å². The van der Waals surface area contributed by atoms with E-state index in [1.165, 1.54) is 18.2 Å². The predicted molar refractivity (Wildman–Crippen MR) is 87.2 cm³/mol. The van der Waals surface area contributed by atoms with Crippen molar-refractivity contribution in [3.05, 3.63) is 24.3 Å².